The van der Waals surface area contributed by atoms with Crippen LogP contribution in [0.4, 0.5) is 4.39 Å². The molecule has 2 rings (SSSR count). The number of hydrogen-bond acceptors (Lipinski definition) is 4. The van der Waals surface area contributed by atoms with E-state index >= 15 is 0 Å². The van der Waals surface area contributed by atoms with E-state index in [2.05, 4.69) is 0 Å². The molecule has 20 heavy (non-hydrogen) atoms. The van der Waals surface area contributed by atoms with Gasteiger partial charge in [0.1, 0.15) is 6.07 Å². The van der Waals surface area contributed by atoms with Crippen LogP contribution in [0.1, 0.15) is 27.7 Å². The molecule has 0 radical (unpaired) electrons. The molecule has 1 aromatic carbocycles. The molecule has 0 aliphatic carbocycles. The van der Waals surface area contributed by atoms with Gasteiger partial charge in [-0.2, -0.15) is 5.26 Å². The van der Waals surface area contributed by atoms with Gasteiger partial charge in [-0.25, -0.2) is 4.39 Å². The summed E-state index contributed by atoms with van der Waals surface area (Å²) in [6.07, 6.45) is 0. The van der Waals surface area contributed by atoms with Crippen LogP contribution < -0.4 is 10.2 Å². The first-order valence-electron chi connectivity index (χ1n) is 6.42. The van der Waals surface area contributed by atoms with Crippen LogP contribution in [0.15, 0.2) is 18.2 Å². The number of nitrogens with zero attached hydrogens (tertiary/aromatic N) is 1. The predicted molar refractivity (Wildman–Crippen MR) is 73.2 cm³/mol. The van der Waals surface area contributed by atoms with Gasteiger partial charge in [0.25, 0.3) is 0 Å². The van der Waals surface area contributed by atoms with Gasteiger partial charge in [-0.05, 0) is 45.3 Å². The maximum absolute atomic E-state index is 13.9. The van der Waals surface area contributed by atoms with Gasteiger partial charge in [0, 0.05) is 0 Å². The van der Waals surface area contributed by atoms with Gasteiger partial charge in [-0.3, -0.25) is 0 Å². The van der Waals surface area contributed by atoms with E-state index in [1.807, 2.05) is 27.7 Å². The zero-order valence-electron chi connectivity index (χ0n) is 12.1. The quantitative estimate of drug-likeness (QED) is 0.793. The highest BCUT2D eigenvalue weighted by Gasteiger charge is 2.51. The molecule has 1 heterocycles. The summed E-state index contributed by atoms with van der Waals surface area (Å²) < 4.78 is 30.5. The molecule has 106 valence electrons. The summed E-state index contributed by atoms with van der Waals surface area (Å²) >= 11 is 0. The molecule has 0 spiro atoms. The number of benzene rings is 1. The van der Waals surface area contributed by atoms with Crippen molar-refractivity contribution in [2.75, 3.05) is 6.61 Å². The van der Waals surface area contributed by atoms with Gasteiger partial charge >= 0.3 is 7.12 Å². The standard InChI is InChI=1S/C14H17BFNO3/c1-13(2)14(3,4)20-15(19-13)10-5-6-12(11(16)9-10)18-8-7-17/h5-6,9H,8H2,1-4H3. The Bertz CT molecular complexity index is 538. The van der Waals surface area contributed by atoms with Crippen molar-refractivity contribution in [3.63, 3.8) is 0 Å². The van der Waals surface area contributed by atoms with Crippen molar-refractivity contribution >= 4 is 12.6 Å². The molecule has 1 aliphatic heterocycles. The van der Waals surface area contributed by atoms with Crippen molar-refractivity contribution in [3.8, 4) is 11.8 Å². The smallest absolute Gasteiger partial charge is 0.476 e. The van der Waals surface area contributed by atoms with Crippen molar-refractivity contribution in [1.82, 2.24) is 0 Å². The van der Waals surface area contributed by atoms with Gasteiger partial charge < -0.3 is 14.0 Å². The summed E-state index contributed by atoms with van der Waals surface area (Å²) in [5.41, 5.74) is -0.348. The van der Waals surface area contributed by atoms with Crippen molar-refractivity contribution in [3.05, 3.63) is 24.0 Å². The fourth-order valence-electron chi connectivity index (χ4n) is 1.87. The summed E-state index contributed by atoms with van der Waals surface area (Å²) in [4.78, 5) is 0. The summed E-state index contributed by atoms with van der Waals surface area (Å²) in [6, 6.07) is 6.27. The third kappa shape index (κ3) is 2.65. The highest BCUT2D eigenvalue weighted by Crippen LogP contribution is 2.36. The van der Waals surface area contributed by atoms with Crippen molar-refractivity contribution in [2.45, 2.75) is 38.9 Å². The lowest BCUT2D eigenvalue weighted by molar-refractivity contribution is 0.00578. The van der Waals surface area contributed by atoms with E-state index in [-0.39, 0.29) is 12.4 Å². The molecule has 1 aromatic rings. The minimum atomic E-state index is -0.612. The maximum Gasteiger partial charge on any atom is 0.494 e. The molecule has 0 N–H and O–H groups in total. The number of hydrogen-bond donors (Lipinski definition) is 0. The summed E-state index contributed by atoms with van der Waals surface area (Å²) in [5, 5.41) is 8.42. The van der Waals surface area contributed by atoms with E-state index in [1.165, 1.54) is 12.1 Å². The van der Waals surface area contributed by atoms with Gasteiger partial charge in [0.05, 0.1) is 11.2 Å². The summed E-state index contributed by atoms with van der Waals surface area (Å²) in [6.45, 7) is 7.57. The van der Waals surface area contributed by atoms with Gasteiger partial charge in [0.2, 0.25) is 0 Å². The van der Waals surface area contributed by atoms with Crippen LogP contribution in [-0.4, -0.2) is 24.9 Å². The second kappa shape index (κ2) is 5.08. The monoisotopic (exact) mass is 277 g/mol. The van der Waals surface area contributed by atoms with Crippen LogP contribution in [0.25, 0.3) is 0 Å². The second-order valence-electron chi connectivity index (χ2n) is 5.72. The Morgan fingerprint density at radius 2 is 1.85 bits per heavy atom. The van der Waals surface area contributed by atoms with Crippen LogP contribution in [0, 0.1) is 17.1 Å². The zero-order chi connectivity index (χ0) is 15.0. The lowest BCUT2D eigenvalue weighted by Gasteiger charge is -2.32. The van der Waals surface area contributed by atoms with E-state index in [0.717, 1.165) is 0 Å². The number of rotatable bonds is 3. The van der Waals surface area contributed by atoms with Crippen molar-refractivity contribution in [2.24, 2.45) is 0 Å². The van der Waals surface area contributed by atoms with Crippen LogP contribution in [0.2, 0.25) is 0 Å². The Kier molecular flexibility index (Phi) is 3.76. The Morgan fingerprint density at radius 3 is 2.35 bits per heavy atom. The molecule has 0 atom stereocenters. The molecule has 4 nitrogen and oxygen atoms in total. The van der Waals surface area contributed by atoms with E-state index in [9.17, 15) is 4.39 Å². The minimum Gasteiger partial charge on any atom is -0.476 e. The Balaban J connectivity index is 2.20. The van der Waals surface area contributed by atoms with Crippen molar-refractivity contribution in [1.29, 1.82) is 5.26 Å². The van der Waals surface area contributed by atoms with Crippen molar-refractivity contribution < 1.29 is 18.4 Å². The zero-order valence-corrected chi connectivity index (χ0v) is 12.1. The fourth-order valence-corrected chi connectivity index (χ4v) is 1.87. The number of nitriles is 1. The first-order valence-corrected chi connectivity index (χ1v) is 6.42. The first kappa shape index (κ1) is 14.8. The van der Waals surface area contributed by atoms with Crippen LogP contribution in [0.3, 0.4) is 0 Å². The van der Waals surface area contributed by atoms with Crippen LogP contribution in [-0.2, 0) is 9.31 Å². The first-order chi connectivity index (χ1) is 9.27. The largest absolute Gasteiger partial charge is 0.494 e. The molecule has 0 saturated carbocycles. The summed E-state index contributed by atoms with van der Waals surface area (Å²) in [5.74, 6) is -0.487. The lowest BCUT2D eigenvalue weighted by Crippen LogP contribution is -2.41. The normalized spacial score (nSPS) is 19.7. The lowest BCUT2D eigenvalue weighted by atomic mass is 9.79. The average molecular weight is 277 g/mol. The molecular formula is C14H17BFNO3. The SMILES string of the molecule is CC1(C)OB(c2ccc(OCC#N)c(F)c2)OC1(C)C. The highest BCUT2D eigenvalue weighted by molar-refractivity contribution is 6.62. The molecule has 1 fully saturated rings. The topological polar surface area (TPSA) is 51.5 Å². The third-order valence-corrected chi connectivity index (χ3v) is 3.77. The second-order valence-corrected chi connectivity index (χ2v) is 5.72. The van der Waals surface area contributed by atoms with Gasteiger partial charge in [-0.1, -0.05) is 6.07 Å². The highest BCUT2D eigenvalue weighted by atomic mass is 19.1. The molecule has 0 bridgehead atoms. The summed E-state index contributed by atoms with van der Waals surface area (Å²) in [7, 11) is -0.612. The molecule has 6 heteroatoms. The van der Waals surface area contributed by atoms with Crippen LogP contribution in [0.5, 0.6) is 5.75 Å². The predicted octanol–water partition coefficient (Wildman–Crippen LogP) is 2.03. The fraction of sp³-hybridized carbons (Fsp3) is 0.500. The molecule has 0 unspecified atom stereocenters. The molecule has 0 amide bonds. The maximum atomic E-state index is 13.9. The van der Waals surface area contributed by atoms with Gasteiger partial charge in [0.15, 0.2) is 18.2 Å². The Labute approximate surface area is 118 Å². The average Bonchev–Trinajstić information content (AvgIpc) is 2.57. The molecule has 1 saturated heterocycles. The third-order valence-electron chi connectivity index (χ3n) is 3.77. The Morgan fingerprint density at radius 1 is 1.25 bits per heavy atom. The Hall–Kier alpha value is -1.58. The molecule has 0 aromatic heterocycles. The number of ether oxygens (including phenoxy) is 1. The van der Waals surface area contributed by atoms with E-state index in [4.69, 9.17) is 19.3 Å². The number of halogens is 1. The molecule has 1 aliphatic rings. The minimum absolute atomic E-state index is 0.0480. The van der Waals surface area contributed by atoms with E-state index in [1.54, 1.807) is 12.1 Å². The van der Waals surface area contributed by atoms with Gasteiger partial charge in [-0.15, -0.1) is 0 Å². The van der Waals surface area contributed by atoms with E-state index in [0.29, 0.717) is 5.46 Å². The van der Waals surface area contributed by atoms with Crippen LogP contribution >= 0.6 is 0 Å². The molecular weight excluding hydrogens is 260 g/mol. The van der Waals surface area contributed by atoms with E-state index < -0.39 is 24.1 Å².